The van der Waals surface area contributed by atoms with E-state index in [4.69, 9.17) is 9.47 Å². The third kappa shape index (κ3) is 3.66. The molecule has 1 aliphatic heterocycles. The molecule has 0 aliphatic carbocycles. The smallest absolute Gasteiger partial charge is 0.243 e. The van der Waals surface area contributed by atoms with E-state index >= 15 is 0 Å². The molecule has 1 fully saturated rings. The standard InChI is InChI=1S/C18H23N3O4S/c1-12-7-13(2)18(14(3)8-12)26(22,23)21-6-5-15(11-21)25-17-10-19-9-16(20-17)24-4/h7-10,15H,5-6,11H2,1-4H3. The van der Waals surface area contributed by atoms with Crippen molar-refractivity contribution in [3.8, 4) is 11.8 Å². The summed E-state index contributed by atoms with van der Waals surface area (Å²) in [5.41, 5.74) is 2.59. The van der Waals surface area contributed by atoms with Crippen LogP contribution in [0.5, 0.6) is 11.8 Å². The van der Waals surface area contributed by atoms with Gasteiger partial charge in [0.1, 0.15) is 6.10 Å². The van der Waals surface area contributed by atoms with Crippen LogP contribution in [0.2, 0.25) is 0 Å². The molecule has 26 heavy (non-hydrogen) atoms. The first kappa shape index (κ1) is 18.6. The second kappa shape index (κ2) is 7.20. The molecule has 1 aliphatic rings. The quantitative estimate of drug-likeness (QED) is 0.795. The second-order valence-corrected chi connectivity index (χ2v) is 8.39. The lowest BCUT2D eigenvalue weighted by Gasteiger charge is -2.20. The fraction of sp³-hybridized carbons (Fsp3) is 0.444. The van der Waals surface area contributed by atoms with Crippen molar-refractivity contribution in [3.05, 3.63) is 41.2 Å². The maximum atomic E-state index is 13.1. The molecule has 0 spiro atoms. The second-order valence-electron chi connectivity index (χ2n) is 6.52. The van der Waals surface area contributed by atoms with Gasteiger partial charge in [-0.2, -0.15) is 9.29 Å². The molecule has 1 aromatic carbocycles. The zero-order valence-electron chi connectivity index (χ0n) is 15.4. The summed E-state index contributed by atoms with van der Waals surface area (Å²) in [4.78, 5) is 8.56. The van der Waals surface area contributed by atoms with Gasteiger partial charge in [0.05, 0.1) is 30.9 Å². The van der Waals surface area contributed by atoms with E-state index in [2.05, 4.69) is 9.97 Å². The first-order valence-electron chi connectivity index (χ1n) is 8.42. The van der Waals surface area contributed by atoms with Gasteiger partial charge >= 0.3 is 0 Å². The fourth-order valence-electron chi connectivity index (χ4n) is 3.37. The van der Waals surface area contributed by atoms with Crippen LogP contribution < -0.4 is 9.47 Å². The molecule has 1 atom stereocenters. The first-order chi connectivity index (χ1) is 12.3. The van der Waals surface area contributed by atoms with Crippen molar-refractivity contribution >= 4 is 10.0 Å². The predicted octanol–water partition coefficient (Wildman–Crippen LogP) is 2.25. The summed E-state index contributed by atoms with van der Waals surface area (Å²) in [5.74, 6) is 0.687. The van der Waals surface area contributed by atoms with Gasteiger partial charge in [0, 0.05) is 6.54 Å². The third-order valence-electron chi connectivity index (χ3n) is 4.40. The lowest BCUT2D eigenvalue weighted by Crippen LogP contribution is -2.32. The molecule has 8 heteroatoms. The Kier molecular flexibility index (Phi) is 5.15. The molecule has 1 saturated heterocycles. The van der Waals surface area contributed by atoms with Crippen LogP contribution in [0.3, 0.4) is 0 Å². The normalized spacial score (nSPS) is 18.1. The molecule has 0 saturated carbocycles. The van der Waals surface area contributed by atoms with Crippen LogP contribution >= 0.6 is 0 Å². The summed E-state index contributed by atoms with van der Waals surface area (Å²) in [6, 6.07) is 3.80. The highest BCUT2D eigenvalue weighted by Gasteiger charge is 2.35. The Balaban J connectivity index is 1.77. The Bertz CT molecular complexity index is 891. The number of ether oxygens (including phenoxy) is 2. The van der Waals surface area contributed by atoms with Crippen molar-refractivity contribution in [2.75, 3.05) is 20.2 Å². The van der Waals surface area contributed by atoms with Gasteiger partial charge < -0.3 is 9.47 Å². The minimum Gasteiger partial charge on any atom is -0.480 e. The van der Waals surface area contributed by atoms with E-state index in [0.717, 1.165) is 16.7 Å². The number of methoxy groups -OCH3 is 1. The lowest BCUT2D eigenvalue weighted by molar-refractivity contribution is 0.203. The Morgan fingerprint density at radius 1 is 1.12 bits per heavy atom. The molecular formula is C18H23N3O4S. The van der Waals surface area contributed by atoms with Gasteiger partial charge in [0.25, 0.3) is 0 Å². The van der Waals surface area contributed by atoms with Gasteiger partial charge in [0.2, 0.25) is 21.8 Å². The number of hydrogen-bond donors (Lipinski definition) is 0. The Morgan fingerprint density at radius 2 is 1.77 bits per heavy atom. The van der Waals surface area contributed by atoms with Crippen molar-refractivity contribution in [2.24, 2.45) is 0 Å². The minimum absolute atomic E-state index is 0.266. The van der Waals surface area contributed by atoms with E-state index in [-0.39, 0.29) is 12.6 Å². The average molecular weight is 377 g/mol. The Morgan fingerprint density at radius 3 is 2.42 bits per heavy atom. The molecule has 0 amide bonds. The molecular weight excluding hydrogens is 354 g/mol. The van der Waals surface area contributed by atoms with Crippen LogP contribution in [0.4, 0.5) is 0 Å². The fourth-order valence-corrected chi connectivity index (χ4v) is 5.27. The molecule has 1 unspecified atom stereocenters. The van der Waals surface area contributed by atoms with Gasteiger partial charge in [-0.05, 0) is 38.3 Å². The largest absolute Gasteiger partial charge is 0.480 e. The van der Waals surface area contributed by atoms with Crippen LogP contribution in [0.25, 0.3) is 0 Å². The van der Waals surface area contributed by atoms with Crippen LogP contribution in [0.1, 0.15) is 23.1 Å². The Hall–Kier alpha value is -2.19. The maximum Gasteiger partial charge on any atom is 0.243 e. The first-order valence-corrected chi connectivity index (χ1v) is 9.86. The maximum absolute atomic E-state index is 13.1. The minimum atomic E-state index is -3.56. The third-order valence-corrected chi connectivity index (χ3v) is 6.57. The van der Waals surface area contributed by atoms with E-state index in [1.807, 2.05) is 32.9 Å². The summed E-state index contributed by atoms with van der Waals surface area (Å²) in [5, 5.41) is 0. The molecule has 0 N–H and O–H groups in total. The number of aryl methyl sites for hydroxylation is 3. The zero-order chi connectivity index (χ0) is 18.9. The van der Waals surface area contributed by atoms with Crippen molar-refractivity contribution < 1.29 is 17.9 Å². The van der Waals surface area contributed by atoms with Crippen LogP contribution in [0, 0.1) is 20.8 Å². The molecule has 140 valence electrons. The molecule has 3 rings (SSSR count). The Labute approximate surface area is 154 Å². The van der Waals surface area contributed by atoms with Crippen molar-refractivity contribution in [1.82, 2.24) is 14.3 Å². The van der Waals surface area contributed by atoms with Gasteiger partial charge in [-0.1, -0.05) is 17.7 Å². The van der Waals surface area contributed by atoms with Gasteiger partial charge in [-0.25, -0.2) is 8.42 Å². The summed E-state index contributed by atoms with van der Waals surface area (Å²) < 4.78 is 38.5. The highest BCUT2D eigenvalue weighted by molar-refractivity contribution is 7.89. The molecule has 7 nitrogen and oxygen atoms in total. The van der Waals surface area contributed by atoms with E-state index in [1.54, 1.807) is 0 Å². The van der Waals surface area contributed by atoms with E-state index in [9.17, 15) is 8.42 Å². The highest BCUT2D eigenvalue weighted by Crippen LogP contribution is 2.28. The molecule has 2 aromatic rings. The number of rotatable bonds is 5. The van der Waals surface area contributed by atoms with Gasteiger partial charge in [-0.3, -0.25) is 4.98 Å². The molecule has 0 bridgehead atoms. The topological polar surface area (TPSA) is 81.6 Å². The SMILES string of the molecule is COc1cncc(OC2CCN(S(=O)(=O)c3c(C)cc(C)cc3C)C2)n1. The lowest BCUT2D eigenvalue weighted by atomic mass is 10.1. The summed E-state index contributed by atoms with van der Waals surface area (Å²) in [6.45, 7) is 6.34. The number of nitrogens with zero attached hydrogens (tertiary/aromatic N) is 3. The summed E-state index contributed by atoms with van der Waals surface area (Å²) in [7, 11) is -2.06. The zero-order valence-corrected chi connectivity index (χ0v) is 16.2. The number of hydrogen-bond acceptors (Lipinski definition) is 6. The van der Waals surface area contributed by atoms with E-state index in [0.29, 0.717) is 29.6 Å². The van der Waals surface area contributed by atoms with E-state index < -0.39 is 10.0 Å². The van der Waals surface area contributed by atoms with Crippen molar-refractivity contribution in [2.45, 2.75) is 38.2 Å². The van der Waals surface area contributed by atoms with Crippen LogP contribution in [-0.2, 0) is 10.0 Å². The number of benzene rings is 1. The molecule has 2 heterocycles. The molecule has 0 radical (unpaired) electrons. The van der Waals surface area contributed by atoms with Crippen molar-refractivity contribution in [3.63, 3.8) is 0 Å². The summed E-state index contributed by atoms with van der Waals surface area (Å²) >= 11 is 0. The predicted molar refractivity (Wildman–Crippen MR) is 97.0 cm³/mol. The van der Waals surface area contributed by atoms with E-state index in [1.165, 1.54) is 23.8 Å². The molecule has 1 aromatic heterocycles. The van der Waals surface area contributed by atoms with Crippen LogP contribution in [0.15, 0.2) is 29.4 Å². The van der Waals surface area contributed by atoms with Gasteiger partial charge in [0.15, 0.2) is 0 Å². The van der Waals surface area contributed by atoms with Crippen LogP contribution in [-0.4, -0.2) is 49.0 Å². The monoisotopic (exact) mass is 377 g/mol. The summed E-state index contributed by atoms with van der Waals surface area (Å²) in [6.07, 6.45) is 3.31. The van der Waals surface area contributed by atoms with Crippen molar-refractivity contribution in [1.29, 1.82) is 0 Å². The average Bonchev–Trinajstić information content (AvgIpc) is 3.03. The number of sulfonamides is 1. The number of aromatic nitrogens is 2. The van der Waals surface area contributed by atoms with Gasteiger partial charge in [-0.15, -0.1) is 0 Å². The highest BCUT2D eigenvalue weighted by atomic mass is 32.2.